The van der Waals surface area contributed by atoms with Gasteiger partial charge in [0.1, 0.15) is 12.7 Å². The Morgan fingerprint density at radius 1 is 0.622 bits per heavy atom. The first kappa shape index (κ1) is 25.6. The van der Waals surface area contributed by atoms with Gasteiger partial charge in [0.2, 0.25) is 12.4 Å². The second kappa shape index (κ2) is 12.0. The monoisotopic (exact) mass is 504 g/mol. The van der Waals surface area contributed by atoms with Crippen LogP contribution in [0.3, 0.4) is 0 Å². The molecule has 9 nitrogen and oxygen atoms in total. The molecule has 1 aliphatic heterocycles. The summed E-state index contributed by atoms with van der Waals surface area (Å²) >= 11 is 0. The highest BCUT2D eigenvalue weighted by Gasteiger charge is 2.52. The molecule has 1 heterocycles. The zero-order valence-corrected chi connectivity index (χ0v) is 19.9. The van der Waals surface area contributed by atoms with Crippen molar-refractivity contribution in [1.82, 2.24) is 0 Å². The lowest BCUT2D eigenvalue weighted by atomic mass is 10.1. The van der Waals surface area contributed by atoms with E-state index in [2.05, 4.69) is 0 Å². The van der Waals surface area contributed by atoms with E-state index in [9.17, 15) is 19.2 Å². The number of esters is 4. The zero-order valence-electron chi connectivity index (χ0n) is 19.9. The van der Waals surface area contributed by atoms with Gasteiger partial charge in [-0.05, 0) is 36.4 Å². The van der Waals surface area contributed by atoms with E-state index in [1.165, 1.54) is 0 Å². The van der Waals surface area contributed by atoms with Crippen LogP contribution in [0.4, 0.5) is 0 Å². The van der Waals surface area contributed by atoms with Gasteiger partial charge in [0, 0.05) is 6.92 Å². The van der Waals surface area contributed by atoms with Crippen LogP contribution < -0.4 is 0 Å². The third kappa shape index (κ3) is 6.59. The highest BCUT2D eigenvalue weighted by atomic mass is 16.8. The molecule has 0 radical (unpaired) electrons. The average molecular weight is 504 g/mol. The van der Waals surface area contributed by atoms with E-state index >= 15 is 0 Å². The molecule has 0 N–H and O–H groups in total. The van der Waals surface area contributed by atoms with Crippen LogP contribution >= 0.6 is 0 Å². The van der Waals surface area contributed by atoms with Crippen LogP contribution in [0.5, 0.6) is 0 Å². The summed E-state index contributed by atoms with van der Waals surface area (Å²) in [5.41, 5.74) is 0.782. The number of hydrogen-bond acceptors (Lipinski definition) is 9. The number of hydrogen-bond donors (Lipinski definition) is 0. The van der Waals surface area contributed by atoms with Crippen molar-refractivity contribution < 1.29 is 42.9 Å². The molecule has 3 aromatic carbocycles. The third-order valence-corrected chi connectivity index (χ3v) is 5.44. The predicted molar refractivity (Wildman–Crippen MR) is 128 cm³/mol. The number of rotatable bonds is 8. The van der Waals surface area contributed by atoms with E-state index < -0.39 is 48.5 Å². The summed E-state index contributed by atoms with van der Waals surface area (Å²) in [4.78, 5) is 50.0. The fraction of sp³-hybridized carbons (Fsp3) is 0.214. The Labute approximate surface area is 212 Å². The van der Waals surface area contributed by atoms with Crippen LogP contribution in [0.25, 0.3) is 0 Å². The first-order chi connectivity index (χ1) is 17.9. The van der Waals surface area contributed by atoms with Gasteiger partial charge in [0.25, 0.3) is 0 Å². The summed E-state index contributed by atoms with van der Waals surface area (Å²) in [6, 6.07) is 24.6. The van der Waals surface area contributed by atoms with Crippen molar-refractivity contribution in [2.45, 2.75) is 31.5 Å². The third-order valence-electron chi connectivity index (χ3n) is 5.44. The standard InChI is InChI=1S/C28H24O9/c1-18(29)34-28-24(37-27(32)21-15-9-4-10-16-21)23(36-26(31)20-13-7-3-8-14-20)22(35-28)17-33-25(30)19-11-5-2-6-12-19/h2-16,22-24,28H,17H2,1H3/t22-,23-,24-,28-/m0/s1. The lowest BCUT2D eigenvalue weighted by Crippen LogP contribution is -2.42. The van der Waals surface area contributed by atoms with Gasteiger partial charge in [-0.3, -0.25) is 4.79 Å². The first-order valence-electron chi connectivity index (χ1n) is 11.5. The molecule has 0 aliphatic carbocycles. The molecule has 4 rings (SSSR count). The fourth-order valence-corrected chi connectivity index (χ4v) is 3.70. The normalized spacial score (nSPS) is 20.5. The van der Waals surface area contributed by atoms with Crippen molar-refractivity contribution in [3.63, 3.8) is 0 Å². The molecule has 0 amide bonds. The minimum atomic E-state index is -1.40. The van der Waals surface area contributed by atoms with Crippen LogP contribution in [-0.4, -0.2) is 55.1 Å². The van der Waals surface area contributed by atoms with Gasteiger partial charge in [-0.15, -0.1) is 0 Å². The van der Waals surface area contributed by atoms with Gasteiger partial charge in [-0.2, -0.15) is 0 Å². The second-order valence-corrected chi connectivity index (χ2v) is 8.09. The Kier molecular flexibility index (Phi) is 8.27. The number of carbonyl (C=O) groups is 4. The summed E-state index contributed by atoms with van der Waals surface area (Å²) < 4.78 is 27.7. The lowest BCUT2D eigenvalue weighted by Gasteiger charge is -2.24. The van der Waals surface area contributed by atoms with Gasteiger partial charge in [-0.1, -0.05) is 54.6 Å². The maximum atomic E-state index is 12.9. The van der Waals surface area contributed by atoms with Crippen molar-refractivity contribution in [3.8, 4) is 0 Å². The molecule has 190 valence electrons. The predicted octanol–water partition coefficient (Wildman–Crippen LogP) is 3.58. The Hall–Kier alpha value is -4.50. The summed E-state index contributed by atoms with van der Waals surface area (Å²) in [6.45, 7) is 0.796. The minimum Gasteiger partial charge on any atom is -0.459 e. The van der Waals surface area contributed by atoms with E-state index in [-0.39, 0.29) is 17.7 Å². The van der Waals surface area contributed by atoms with Crippen molar-refractivity contribution in [2.75, 3.05) is 6.61 Å². The SMILES string of the molecule is CC(=O)O[C@H]1O[C@@H](COC(=O)c2ccccc2)[C@H](OC(=O)c2ccccc2)[C@@H]1OC(=O)c1ccccc1. The number of ether oxygens (including phenoxy) is 5. The minimum absolute atomic E-state index is 0.233. The number of benzene rings is 3. The van der Waals surface area contributed by atoms with Gasteiger partial charge in [0.15, 0.2) is 6.10 Å². The second-order valence-electron chi connectivity index (χ2n) is 8.09. The van der Waals surface area contributed by atoms with Crippen LogP contribution in [0, 0.1) is 0 Å². The molecule has 1 saturated heterocycles. The Balaban J connectivity index is 1.58. The molecular weight excluding hydrogens is 480 g/mol. The maximum Gasteiger partial charge on any atom is 0.338 e. The van der Waals surface area contributed by atoms with Gasteiger partial charge in [0.05, 0.1) is 16.7 Å². The molecule has 3 aromatic rings. The van der Waals surface area contributed by atoms with E-state index in [1.54, 1.807) is 91.0 Å². The Bertz CT molecular complexity index is 1230. The average Bonchev–Trinajstić information content (AvgIpc) is 3.23. The zero-order chi connectivity index (χ0) is 26.2. The van der Waals surface area contributed by atoms with Crippen molar-refractivity contribution in [1.29, 1.82) is 0 Å². The molecule has 1 fully saturated rings. The van der Waals surface area contributed by atoms with Crippen LogP contribution in [0.15, 0.2) is 91.0 Å². The number of carbonyl (C=O) groups excluding carboxylic acids is 4. The molecule has 1 aliphatic rings. The van der Waals surface area contributed by atoms with Crippen LogP contribution in [0.1, 0.15) is 38.0 Å². The molecular formula is C28H24O9. The first-order valence-corrected chi connectivity index (χ1v) is 11.5. The summed E-state index contributed by atoms with van der Waals surface area (Å²) in [7, 11) is 0. The van der Waals surface area contributed by atoms with Crippen molar-refractivity contribution in [2.24, 2.45) is 0 Å². The quantitative estimate of drug-likeness (QED) is 0.335. The lowest BCUT2D eigenvalue weighted by molar-refractivity contribution is -0.187. The van der Waals surface area contributed by atoms with Crippen molar-refractivity contribution >= 4 is 23.9 Å². The van der Waals surface area contributed by atoms with Gasteiger partial charge in [-0.25, -0.2) is 14.4 Å². The molecule has 37 heavy (non-hydrogen) atoms. The van der Waals surface area contributed by atoms with Gasteiger partial charge < -0.3 is 23.7 Å². The highest BCUT2D eigenvalue weighted by molar-refractivity contribution is 5.91. The van der Waals surface area contributed by atoms with E-state index in [4.69, 9.17) is 23.7 Å². The molecule has 0 unspecified atom stereocenters. The van der Waals surface area contributed by atoms with Gasteiger partial charge >= 0.3 is 23.9 Å². The highest BCUT2D eigenvalue weighted by Crippen LogP contribution is 2.30. The largest absolute Gasteiger partial charge is 0.459 e. The molecule has 0 spiro atoms. The molecule has 0 aromatic heterocycles. The summed E-state index contributed by atoms with van der Waals surface area (Å²) in [6.07, 6.45) is -5.09. The molecule has 4 atom stereocenters. The van der Waals surface area contributed by atoms with E-state index in [0.717, 1.165) is 6.92 Å². The smallest absolute Gasteiger partial charge is 0.338 e. The topological polar surface area (TPSA) is 114 Å². The molecule has 0 bridgehead atoms. The van der Waals surface area contributed by atoms with Crippen LogP contribution in [-0.2, 0) is 28.5 Å². The summed E-state index contributed by atoms with van der Waals surface area (Å²) in [5, 5.41) is 0. The van der Waals surface area contributed by atoms with E-state index in [1.807, 2.05) is 0 Å². The van der Waals surface area contributed by atoms with E-state index in [0.29, 0.717) is 5.56 Å². The van der Waals surface area contributed by atoms with Crippen molar-refractivity contribution in [3.05, 3.63) is 108 Å². The fourth-order valence-electron chi connectivity index (χ4n) is 3.70. The van der Waals surface area contributed by atoms with Crippen LogP contribution in [0.2, 0.25) is 0 Å². The Morgan fingerprint density at radius 3 is 1.51 bits per heavy atom. The Morgan fingerprint density at radius 2 is 1.05 bits per heavy atom. The maximum absolute atomic E-state index is 12.9. The molecule has 9 heteroatoms. The summed E-state index contributed by atoms with van der Waals surface area (Å²) in [5.74, 6) is -2.81. The molecule has 0 saturated carbocycles.